The number of aliphatic hydroxyl groups is 1. The molecule has 0 saturated carbocycles. The molecule has 0 spiro atoms. The SMILES string of the molecule is OCCC1CC=CNC1. The molecule has 0 amide bonds. The second kappa shape index (κ2) is 3.51. The van der Waals surface area contributed by atoms with E-state index >= 15 is 0 Å². The molecular formula is C7H13NO. The molecule has 1 unspecified atom stereocenters. The van der Waals surface area contributed by atoms with E-state index in [2.05, 4.69) is 11.4 Å². The second-order valence-corrected chi connectivity index (χ2v) is 2.42. The molecule has 2 nitrogen and oxygen atoms in total. The van der Waals surface area contributed by atoms with Crippen LogP contribution in [0.15, 0.2) is 12.3 Å². The quantitative estimate of drug-likeness (QED) is 0.566. The highest BCUT2D eigenvalue weighted by Crippen LogP contribution is 2.09. The smallest absolute Gasteiger partial charge is 0.0434 e. The van der Waals surface area contributed by atoms with Crippen molar-refractivity contribution in [2.24, 2.45) is 5.92 Å². The summed E-state index contributed by atoms with van der Waals surface area (Å²) in [6, 6.07) is 0. The van der Waals surface area contributed by atoms with Crippen LogP contribution in [-0.4, -0.2) is 18.3 Å². The Bertz CT molecular complexity index is 101. The summed E-state index contributed by atoms with van der Waals surface area (Å²) in [4.78, 5) is 0. The van der Waals surface area contributed by atoms with Gasteiger partial charge in [-0.05, 0) is 25.0 Å². The summed E-state index contributed by atoms with van der Waals surface area (Å²) in [5.74, 6) is 0.653. The summed E-state index contributed by atoms with van der Waals surface area (Å²) in [5, 5.41) is 11.7. The van der Waals surface area contributed by atoms with Crippen molar-refractivity contribution in [1.29, 1.82) is 0 Å². The van der Waals surface area contributed by atoms with Crippen LogP contribution in [0.4, 0.5) is 0 Å². The van der Waals surface area contributed by atoms with E-state index in [0.717, 1.165) is 19.4 Å². The Balaban J connectivity index is 2.18. The van der Waals surface area contributed by atoms with Gasteiger partial charge in [-0.15, -0.1) is 0 Å². The summed E-state index contributed by atoms with van der Waals surface area (Å²) >= 11 is 0. The Hall–Kier alpha value is -0.500. The molecule has 9 heavy (non-hydrogen) atoms. The molecule has 1 rings (SSSR count). The first-order chi connectivity index (χ1) is 4.43. The topological polar surface area (TPSA) is 32.3 Å². The molecule has 0 aliphatic carbocycles. The fourth-order valence-corrected chi connectivity index (χ4v) is 1.06. The van der Waals surface area contributed by atoms with E-state index in [1.165, 1.54) is 0 Å². The molecule has 0 aromatic heterocycles. The van der Waals surface area contributed by atoms with E-state index in [4.69, 9.17) is 5.11 Å². The number of allylic oxidation sites excluding steroid dienone is 1. The Morgan fingerprint density at radius 1 is 1.67 bits per heavy atom. The van der Waals surface area contributed by atoms with E-state index in [0.29, 0.717) is 12.5 Å². The number of nitrogens with one attached hydrogen (secondary N) is 1. The minimum atomic E-state index is 0.320. The zero-order valence-corrected chi connectivity index (χ0v) is 5.51. The number of rotatable bonds is 2. The van der Waals surface area contributed by atoms with Crippen molar-refractivity contribution < 1.29 is 5.11 Å². The van der Waals surface area contributed by atoms with Crippen molar-refractivity contribution in [1.82, 2.24) is 5.32 Å². The summed E-state index contributed by atoms with van der Waals surface area (Å²) in [7, 11) is 0. The van der Waals surface area contributed by atoms with Gasteiger partial charge in [0.2, 0.25) is 0 Å². The Kier molecular flexibility index (Phi) is 2.58. The van der Waals surface area contributed by atoms with Crippen LogP contribution in [0.2, 0.25) is 0 Å². The van der Waals surface area contributed by atoms with Crippen LogP contribution in [0.25, 0.3) is 0 Å². The van der Waals surface area contributed by atoms with Crippen LogP contribution in [0, 0.1) is 5.92 Å². The minimum Gasteiger partial charge on any atom is -0.396 e. The molecule has 52 valence electrons. The molecule has 0 aromatic carbocycles. The van der Waals surface area contributed by atoms with Crippen molar-refractivity contribution in [3.63, 3.8) is 0 Å². The van der Waals surface area contributed by atoms with E-state index in [-0.39, 0.29) is 0 Å². The fourth-order valence-electron chi connectivity index (χ4n) is 1.06. The second-order valence-electron chi connectivity index (χ2n) is 2.42. The lowest BCUT2D eigenvalue weighted by Gasteiger charge is -2.17. The van der Waals surface area contributed by atoms with Gasteiger partial charge in [-0.25, -0.2) is 0 Å². The van der Waals surface area contributed by atoms with Gasteiger partial charge in [-0.2, -0.15) is 0 Å². The van der Waals surface area contributed by atoms with Gasteiger partial charge in [0.25, 0.3) is 0 Å². The van der Waals surface area contributed by atoms with Gasteiger partial charge in [-0.1, -0.05) is 6.08 Å². The zero-order chi connectivity index (χ0) is 6.53. The highest BCUT2D eigenvalue weighted by Gasteiger charge is 2.06. The highest BCUT2D eigenvalue weighted by molar-refractivity contribution is 4.88. The van der Waals surface area contributed by atoms with Crippen LogP contribution in [-0.2, 0) is 0 Å². The Labute approximate surface area is 55.6 Å². The lowest BCUT2D eigenvalue weighted by Crippen LogP contribution is -2.22. The molecule has 1 heterocycles. The van der Waals surface area contributed by atoms with Crippen molar-refractivity contribution in [3.05, 3.63) is 12.3 Å². The average Bonchev–Trinajstić information content (AvgIpc) is 1.91. The predicted octanol–water partition coefficient (Wildman–Crippen LogP) is 0.492. The monoisotopic (exact) mass is 127 g/mol. The first kappa shape index (κ1) is 6.62. The summed E-state index contributed by atoms with van der Waals surface area (Å²) in [6.07, 6.45) is 6.14. The molecular weight excluding hydrogens is 114 g/mol. The maximum atomic E-state index is 8.57. The van der Waals surface area contributed by atoms with Crippen LogP contribution < -0.4 is 5.32 Å². The maximum Gasteiger partial charge on any atom is 0.0434 e. The van der Waals surface area contributed by atoms with E-state index in [1.54, 1.807) is 0 Å². The highest BCUT2D eigenvalue weighted by atomic mass is 16.3. The predicted molar refractivity (Wildman–Crippen MR) is 37.0 cm³/mol. The Morgan fingerprint density at radius 3 is 3.11 bits per heavy atom. The molecule has 1 aliphatic rings. The van der Waals surface area contributed by atoms with Crippen LogP contribution >= 0.6 is 0 Å². The molecule has 2 N–H and O–H groups in total. The molecule has 2 heteroatoms. The van der Waals surface area contributed by atoms with Gasteiger partial charge < -0.3 is 10.4 Å². The summed E-state index contributed by atoms with van der Waals surface area (Å²) in [5.41, 5.74) is 0. The first-order valence-corrected chi connectivity index (χ1v) is 3.42. The van der Waals surface area contributed by atoms with Crippen molar-refractivity contribution in [2.45, 2.75) is 12.8 Å². The summed E-state index contributed by atoms with van der Waals surface area (Å²) in [6.45, 7) is 1.34. The van der Waals surface area contributed by atoms with Crippen LogP contribution in [0.3, 0.4) is 0 Å². The maximum absolute atomic E-state index is 8.57. The zero-order valence-electron chi connectivity index (χ0n) is 5.51. The molecule has 1 aliphatic heterocycles. The molecule has 1 atom stereocenters. The van der Waals surface area contributed by atoms with Gasteiger partial charge in [0.15, 0.2) is 0 Å². The van der Waals surface area contributed by atoms with E-state index in [1.807, 2.05) is 6.20 Å². The minimum absolute atomic E-state index is 0.320. The third-order valence-electron chi connectivity index (χ3n) is 1.65. The van der Waals surface area contributed by atoms with Crippen molar-refractivity contribution in [2.75, 3.05) is 13.2 Å². The van der Waals surface area contributed by atoms with Crippen molar-refractivity contribution >= 4 is 0 Å². The number of hydrogen-bond donors (Lipinski definition) is 2. The lowest BCUT2D eigenvalue weighted by molar-refractivity contribution is 0.254. The number of hydrogen-bond acceptors (Lipinski definition) is 2. The molecule has 0 bridgehead atoms. The molecule has 0 fully saturated rings. The average molecular weight is 127 g/mol. The van der Waals surface area contributed by atoms with E-state index in [9.17, 15) is 0 Å². The fraction of sp³-hybridized carbons (Fsp3) is 0.714. The van der Waals surface area contributed by atoms with Gasteiger partial charge in [-0.3, -0.25) is 0 Å². The van der Waals surface area contributed by atoms with Crippen LogP contribution in [0.5, 0.6) is 0 Å². The normalized spacial score (nSPS) is 25.7. The lowest BCUT2D eigenvalue weighted by atomic mass is 10.0. The van der Waals surface area contributed by atoms with Gasteiger partial charge in [0, 0.05) is 13.2 Å². The van der Waals surface area contributed by atoms with Crippen molar-refractivity contribution in [3.8, 4) is 0 Å². The largest absolute Gasteiger partial charge is 0.396 e. The Morgan fingerprint density at radius 2 is 2.56 bits per heavy atom. The van der Waals surface area contributed by atoms with Crippen LogP contribution in [0.1, 0.15) is 12.8 Å². The van der Waals surface area contributed by atoms with E-state index < -0.39 is 0 Å². The third kappa shape index (κ3) is 2.06. The molecule has 0 radical (unpaired) electrons. The third-order valence-corrected chi connectivity index (χ3v) is 1.65. The molecule has 0 aromatic rings. The van der Waals surface area contributed by atoms with Gasteiger partial charge in [0.1, 0.15) is 0 Å². The standard InChI is InChI=1S/C7H13NO/c9-5-3-7-2-1-4-8-6-7/h1,4,7-9H,2-3,5-6H2. The van der Waals surface area contributed by atoms with Gasteiger partial charge in [0.05, 0.1) is 0 Å². The van der Waals surface area contributed by atoms with Gasteiger partial charge >= 0.3 is 0 Å². The first-order valence-electron chi connectivity index (χ1n) is 3.42. The summed E-state index contributed by atoms with van der Waals surface area (Å²) < 4.78 is 0. The molecule has 0 saturated heterocycles. The number of aliphatic hydroxyl groups excluding tert-OH is 1.